The maximum absolute atomic E-state index is 12.2. The molecule has 0 spiro atoms. The van der Waals surface area contributed by atoms with E-state index in [2.05, 4.69) is 0 Å². The minimum absolute atomic E-state index is 0.591. The predicted octanol–water partition coefficient (Wildman–Crippen LogP) is 1.45. The Balaban J connectivity index is 3.20. The van der Waals surface area contributed by atoms with Gasteiger partial charge in [-0.05, 0) is 19.3 Å². The van der Waals surface area contributed by atoms with E-state index in [9.17, 15) is 9.90 Å². The van der Waals surface area contributed by atoms with Crippen LogP contribution in [0.2, 0.25) is 0 Å². The lowest BCUT2D eigenvalue weighted by atomic mass is 9.73. The number of hydrogen-bond donors (Lipinski definition) is 1. The molecule has 20 heavy (non-hydrogen) atoms. The molecule has 4 atom stereocenters. The van der Waals surface area contributed by atoms with Crippen molar-refractivity contribution >= 4 is 5.97 Å². The number of hydrogen-bond acceptors (Lipinski definition) is 6. The van der Waals surface area contributed by atoms with Crippen LogP contribution < -0.4 is 0 Å². The summed E-state index contributed by atoms with van der Waals surface area (Å²) in [6.45, 7) is 10.2. The number of carbonyl (C=O) groups is 1. The lowest BCUT2D eigenvalue weighted by Crippen LogP contribution is -2.69. The Bertz CT molecular complexity index is 386. The Morgan fingerprint density at radius 2 is 1.55 bits per heavy atom. The van der Waals surface area contributed by atoms with Crippen molar-refractivity contribution in [2.24, 2.45) is 5.41 Å². The van der Waals surface area contributed by atoms with E-state index < -0.39 is 34.7 Å². The van der Waals surface area contributed by atoms with E-state index in [0.29, 0.717) is 0 Å². The summed E-state index contributed by atoms with van der Waals surface area (Å²) >= 11 is 0. The van der Waals surface area contributed by atoms with Crippen LogP contribution in [0.4, 0.5) is 0 Å². The van der Waals surface area contributed by atoms with Gasteiger partial charge in [0.05, 0.1) is 0 Å². The van der Waals surface area contributed by atoms with Crippen molar-refractivity contribution in [1.82, 2.24) is 0 Å². The van der Waals surface area contributed by atoms with Crippen LogP contribution in [-0.4, -0.2) is 48.6 Å². The van der Waals surface area contributed by atoms with Gasteiger partial charge in [-0.2, -0.15) is 0 Å². The summed E-state index contributed by atoms with van der Waals surface area (Å²) in [6.07, 6.45) is -1.17. The summed E-state index contributed by atoms with van der Waals surface area (Å²) in [5, 5.41) is 10.7. The van der Waals surface area contributed by atoms with Crippen molar-refractivity contribution in [2.45, 2.75) is 64.8 Å². The molecule has 1 saturated heterocycles. The van der Waals surface area contributed by atoms with E-state index in [4.69, 9.17) is 18.9 Å². The molecule has 6 heteroatoms. The Hall–Kier alpha value is -0.690. The minimum atomic E-state index is -1.43. The molecular weight excluding hydrogens is 264 g/mol. The zero-order valence-electron chi connectivity index (χ0n) is 13.6. The van der Waals surface area contributed by atoms with Crippen LogP contribution >= 0.6 is 0 Å². The summed E-state index contributed by atoms with van der Waals surface area (Å²) in [4.78, 5) is 12.2. The second-order valence-electron chi connectivity index (χ2n) is 6.62. The normalized spacial score (nSPS) is 38.2. The second kappa shape index (κ2) is 4.94. The van der Waals surface area contributed by atoms with Crippen LogP contribution in [0.3, 0.4) is 0 Å². The molecule has 0 aromatic carbocycles. The quantitative estimate of drug-likeness (QED) is 0.793. The summed E-state index contributed by atoms with van der Waals surface area (Å²) < 4.78 is 21.7. The number of rotatable bonds is 3. The van der Waals surface area contributed by atoms with E-state index in [-0.39, 0.29) is 0 Å². The average Bonchev–Trinajstić information content (AvgIpc) is 2.32. The molecule has 118 valence electrons. The van der Waals surface area contributed by atoms with Gasteiger partial charge < -0.3 is 24.1 Å². The van der Waals surface area contributed by atoms with Gasteiger partial charge in [0.1, 0.15) is 5.60 Å². The van der Waals surface area contributed by atoms with Gasteiger partial charge in [-0.1, -0.05) is 20.8 Å². The lowest BCUT2D eigenvalue weighted by Gasteiger charge is -2.52. The molecule has 1 rings (SSSR count). The van der Waals surface area contributed by atoms with Gasteiger partial charge in [-0.15, -0.1) is 0 Å². The van der Waals surface area contributed by atoms with Gasteiger partial charge in [0, 0.05) is 21.1 Å². The highest BCUT2D eigenvalue weighted by Gasteiger charge is 2.62. The standard InChI is InChI=1S/C14H26O6/c1-11(2,3)12(4,16)9-10(15)20-14(6,18-8)13(5,17-7)19-9/h9,16H,1-8H3/t9-,12-,13-,14-/m0/s1. The molecule has 0 amide bonds. The molecular formula is C14H26O6. The first-order chi connectivity index (χ1) is 8.84. The summed E-state index contributed by atoms with van der Waals surface area (Å²) in [7, 11) is 2.83. The highest BCUT2D eigenvalue weighted by atomic mass is 16.8. The molecule has 6 nitrogen and oxygen atoms in total. The van der Waals surface area contributed by atoms with Crippen LogP contribution in [-0.2, 0) is 23.7 Å². The van der Waals surface area contributed by atoms with Gasteiger partial charge in [0.2, 0.25) is 5.79 Å². The third kappa shape index (κ3) is 2.45. The van der Waals surface area contributed by atoms with Gasteiger partial charge in [-0.3, -0.25) is 0 Å². The molecule has 1 aliphatic heterocycles. The summed E-state index contributed by atoms with van der Waals surface area (Å²) in [5.41, 5.74) is -2.02. The Morgan fingerprint density at radius 1 is 1.10 bits per heavy atom. The first-order valence-electron chi connectivity index (χ1n) is 6.58. The SMILES string of the molecule is CO[C@@]1(C)OC(=O)[C@@H]([C@](C)(O)C(C)(C)C)O[C@]1(C)OC. The number of cyclic esters (lactones) is 1. The second-order valence-corrected chi connectivity index (χ2v) is 6.62. The molecule has 0 bridgehead atoms. The van der Waals surface area contributed by atoms with E-state index in [1.54, 1.807) is 20.8 Å². The first-order valence-corrected chi connectivity index (χ1v) is 6.58. The molecule has 0 saturated carbocycles. The number of methoxy groups -OCH3 is 2. The van der Waals surface area contributed by atoms with Crippen LogP contribution in [0.15, 0.2) is 0 Å². The van der Waals surface area contributed by atoms with Crippen molar-refractivity contribution in [3.63, 3.8) is 0 Å². The summed E-state index contributed by atoms with van der Waals surface area (Å²) in [5.74, 6) is -3.39. The predicted molar refractivity (Wildman–Crippen MR) is 71.9 cm³/mol. The minimum Gasteiger partial charge on any atom is -0.425 e. The molecule has 0 radical (unpaired) electrons. The fraction of sp³-hybridized carbons (Fsp3) is 0.929. The zero-order valence-corrected chi connectivity index (χ0v) is 13.6. The Labute approximate surface area is 120 Å². The van der Waals surface area contributed by atoms with Gasteiger partial charge in [0.25, 0.3) is 5.79 Å². The van der Waals surface area contributed by atoms with Crippen molar-refractivity contribution < 1.29 is 28.8 Å². The van der Waals surface area contributed by atoms with E-state index in [1.165, 1.54) is 14.2 Å². The maximum atomic E-state index is 12.2. The Morgan fingerprint density at radius 3 is 1.90 bits per heavy atom. The molecule has 1 N–H and O–H groups in total. The van der Waals surface area contributed by atoms with Gasteiger partial charge >= 0.3 is 5.97 Å². The van der Waals surface area contributed by atoms with E-state index >= 15 is 0 Å². The number of esters is 1. The number of aliphatic hydroxyl groups is 1. The fourth-order valence-electron chi connectivity index (χ4n) is 1.92. The van der Waals surface area contributed by atoms with E-state index in [1.807, 2.05) is 20.8 Å². The first kappa shape index (κ1) is 17.4. The van der Waals surface area contributed by atoms with Crippen LogP contribution in [0.25, 0.3) is 0 Å². The van der Waals surface area contributed by atoms with Crippen molar-refractivity contribution in [3.8, 4) is 0 Å². The molecule has 0 unspecified atom stereocenters. The van der Waals surface area contributed by atoms with Gasteiger partial charge in [0.15, 0.2) is 6.10 Å². The highest BCUT2D eigenvalue weighted by molar-refractivity contribution is 5.77. The van der Waals surface area contributed by atoms with Crippen LogP contribution in [0.5, 0.6) is 0 Å². The Kier molecular flexibility index (Phi) is 4.29. The zero-order chi connectivity index (χ0) is 16.0. The topological polar surface area (TPSA) is 74.2 Å². The van der Waals surface area contributed by atoms with Gasteiger partial charge in [-0.25, -0.2) is 4.79 Å². The van der Waals surface area contributed by atoms with Crippen LogP contribution in [0.1, 0.15) is 41.5 Å². The molecule has 1 fully saturated rings. The highest BCUT2D eigenvalue weighted by Crippen LogP contribution is 2.43. The number of ether oxygens (including phenoxy) is 4. The lowest BCUT2D eigenvalue weighted by molar-refractivity contribution is -0.418. The van der Waals surface area contributed by atoms with Crippen molar-refractivity contribution in [1.29, 1.82) is 0 Å². The number of carbonyl (C=O) groups excluding carboxylic acids is 1. The van der Waals surface area contributed by atoms with Crippen molar-refractivity contribution in [3.05, 3.63) is 0 Å². The average molecular weight is 290 g/mol. The molecule has 0 aromatic rings. The smallest absolute Gasteiger partial charge is 0.341 e. The monoisotopic (exact) mass is 290 g/mol. The maximum Gasteiger partial charge on any atom is 0.341 e. The fourth-order valence-corrected chi connectivity index (χ4v) is 1.92. The molecule has 1 aliphatic rings. The molecule has 0 aliphatic carbocycles. The van der Waals surface area contributed by atoms with Crippen LogP contribution in [0, 0.1) is 5.41 Å². The third-order valence-electron chi connectivity index (χ3n) is 4.49. The third-order valence-corrected chi connectivity index (χ3v) is 4.49. The van der Waals surface area contributed by atoms with Crippen molar-refractivity contribution in [2.75, 3.05) is 14.2 Å². The molecule has 1 heterocycles. The van der Waals surface area contributed by atoms with E-state index in [0.717, 1.165) is 0 Å². The largest absolute Gasteiger partial charge is 0.425 e. The summed E-state index contributed by atoms with van der Waals surface area (Å²) in [6, 6.07) is 0. The molecule has 0 aromatic heterocycles.